The Labute approximate surface area is 176 Å². The summed E-state index contributed by atoms with van der Waals surface area (Å²) < 4.78 is 0. The Hall–Kier alpha value is -2.47. The number of carbonyl (C=O) groups is 2. The minimum atomic E-state index is -0.748. The number of carboxylic acid groups (broad SMARTS) is 1. The molecule has 0 aromatic heterocycles. The average Bonchev–Trinajstić information content (AvgIpc) is 2.70. The van der Waals surface area contributed by atoms with Gasteiger partial charge in [-0.2, -0.15) is 0 Å². The van der Waals surface area contributed by atoms with Gasteiger partial charge in [-0.1, -0.05) is 43.6 Å². The van der Waals surface area contributed by atoms with Crippen LogP contribution in [0.4, 0.5) is 10.5 Å². The summed E-state index contributed by atoms with van der Waals surface area (Å²) in [6, 6.07) is 7.69. The summed E-state index contributed by atoms with van der Waals surface area (Å²) in [5.74, 6) is -0.819. The van der Waals surface area contributed by atoms with Crippen LogP contribution in [0.1, 0.15) is 51.0 Å². The van der Waals surface area contributed by atoms with Gasteiger partial charge in [0.15, 0.2) is 0 Å². The fraction of sp³-hybridized carbons (Fsp3) is 0.455. The molecular weight excluding hydrogens is 390 g/mol. The van der Waals surface area contributed by atoms with Gasteiger partial charge < -0.3 is 15.7 Å². The van der Waals surface area contributed by atoms with E-state index in [1.807, 2.05) is 29.2 Å². The SMILES string of the molecule is CC(C)c1ccccc1N(C(=O)NC1C=CC(Cl)=CN1)C1CCC(C(=O)O)CC1. The molecule has 156 valence electrons. The molecule has 0 spiro atoms. The van der Waals surface area contributed by atoms with E-state index in [4.69, 9.17) is 11.6 Å². The third kappa shape index (κ3) is 5.12. The Bertz CT molecular complexity index is 813. The van der Waals surface area contributed by atoms with Crippen molar-refractivity contribution >= 4 is 29.3 Å². The highest BCUT2D eigenvalue weighted by atomic mass is 35.5. The number of urea groups is 1. The monoisotopic (exact) mass is 417 g/mol. The van der Waals surface area contributed by atoms with E-state index >= 15 is 0 Å². The second-order valence-electron chi connectivity index (χ2n) is 7.91. The highest BCUT2D eigenvalue weighted by Crippen LogP contribution is 2.35. The normalized spacial score (nSPS) is 23.9. The predicted octanol–water partition coefficient (Wildman–Crippen LogP) is 4.54. The number of rotatable bonds is 5. The van der Waals surface area contributed by atoms with Gasteiger partial charge in [-0.25, -0.2) is 4.79 Å². The van der Waals surface area contributed by atoms with Crippen LogP contribution in [-0.4, -0.2) is 29.3 Å². The van der Waals surface area contributed by atoms with Crippen LogP contribution in [0.5, 0.6) is 0 Å². The maximum absolute atomic E-state index is 13.4. The van der Waals surface area contributed by atoms with Gasteiger partial charge >= 0.3 is 12.0 Å². The highest BCUT2D eigenvalue weighted by molar-refractivity contribution is 6.31. The molecule has 3 rings (SSSR count). The minimum Gasteiger partial charge on any atom is -0.481 e. The summed E-state index contributed by atoms with van der Waals surface area (Å²) >= 11 is 5.93. The van der Waals surface area contributed by atoms with Crippen LogP contribution in [0.2, 0.25) is 0 Å². The molecule has 1 aromatic rings. The van der Waals surface area contributed by atoms with Gasteiger partial charge in [-0.15, -0.1) is 0 Å². The zero-order valence-corrected chi connectivity index (χ0v) is 17.5. The number of benzene rings is 1. The molecule has 29 heavy (non-hydrogen) atoms. The van der Waals surface area contributed by atoms with E-state index in [1.54, 1.807) is 18.4 Å². The Morgan fingerprint density at radius 1 is 1.21 bits per heavy atom. The lowest BCUT2D eigenvalue weighted by Crippen LogP contribution is -2.53. The minimum absolute atomic E-state index is 0.0443. The summed E-state index contributed by atoms with van der Waals surface area (Å²) in [4.78, 5) is 26.5. The Morgan fingerprint density at radius 2 is 1.90 bits per heavy atom. The molecule has 2 amide bonds. The zero-order valence-electron chi connectivity index (χ0n) is 16.8. The van der Waals surface area contributed by atoms with E-state index < -0.39 is 5.97 Å². The van der Waals surface area contributed by atoms with Crippen molar-refractivity contribution in [3.63, 3.8) is 0 Å². The highest BCUT2D eigenvalue weighted by Gasteiger charge is 2.34. The van der Waals surface area contributed by atoms with E-state index in [9.17, 15) is 14.7 Å². The lowest BCUT2D eigenvalue weighted by Gasteiger charge is -2.38. The summed E-state index contributed by atoms with van der Waals surface area (Å²) in [5.41, 5.74) is 1.98. The van der Waals surface area contributed by atoms with Crippen molar-refractivity contribution in [2.75, 3.05) is 4.90 Å². The van der Waals surface area contributed by atoms with Crippen molar-refractivity contribution in [1.29, 1.82) is 0 Å². The Morgan fingerprint density at radius 3 is 2.48 bits per heavy atom. The number of nitrogens with zero attached hydrogens (tertiary/aromatic N) is 1. The summed E-state index contributed by atoms with van der Waals surface area (Å²) in [5, 5.41) is 15.9. The average molecular weight is 418 g/mol. The molecule has 1 aromatic carbocycles. The number of amides is 2. The molecule has 1 atom stereocenters. The lowest BCUT2D eigenvalue weighted by molar-refractivity contribution is -0.142. The largest absolute Gasteiger partial charge is 0.481 e. The number of allylic oxidation sites excluding steroid dienone is 2. The number of dihydropyridines is 1. The van der Waals surface area contributed by atoms with Crippen LogP contribution in [-0.2, 0) is 4.79 Å². The number of halogens is 1. The zero-order chi connectivity index (χ0) is 21.0. The fourth-order valence-corrected chi connectivity index (χ4v) is 4.14. The maximum Gasteiger partial charge on any atom is 0.324 e. The lowest BCUT2D eigenvalue weighted by atomic mass is 9.85. The van der Waals surface area contributed by atoms with Gasteiger partial charge in [0, 0.05) is 17.9 Å². The van der Waals surface area contributed by atoms with Crippen molar-refractivity contribution in [1.82, 2.24) is 10.6 Å². The van der Waals surface area contributed by atoms with Crippen molar-refractivity contribution in [2.45, 2.75) is 57.7 Å². The number of aliphatic carboxylic acids is 1. The Kier molecular flexibility index (Phi) is 6.85. The van der Waals surface area contributed by atoms with Gasteiger partial charge in [-0.05, 0) is 55.4 Å². The van der Waals surface area contributed by atoms with Crippen LogP contribution in [0.15, 0.2) is 47.6 Å². The standard InChI is InChI=1S/C22H28ClN3O3/c1-14(2)18-5-3-4-6-19(18)26(17-10-7-15(8-11-17)21(27)28)22(29)25-20-12-9-16(23)13-24-20/h3-6,9,12-15,17,20,24H,7-8,10-11H2,1-2H3,(H,25,29)(H,27,28). The van der Waals surface area contributed by atoms with Gasteiger partial charge in [0.1, 0.15) is 6.17 Å². The molecule has 1 aliphatic carbocycles. The number of nitrogens with one attached hydrogen (secondary N) is 2. The first-order valence-corrected chi connectivity index (χ1v) is 10.5. The van der Waals surface area contributed by atoms with Crippen molar-refractivity contribution < 1.29 is 14.7 Å². The van der Waals surface area contributed by atoms with Crippen LogP contribution in [0, 0.1) is 5.92 Å². The number of anilines is 1. The van der Waals surface area contributed by atoms with E-state index in [1.165, 1.54) is 0 Å². The van der Waals surface area contributed by atoms with Gasteiger partial charge in [0.25, 0.3) is 0 Å². The van der Waals surface area contributed by atoms with Gasteiger partial charge in [0.2, 0.25) is 0 Å². The van der Waals surface area contributed by atoms with Crippen LogP contribution >= 0.6 is 11.6 Å². The van der Waals surface area contributed by atoms with Crippen molar-refractivity contribution in [3.8, 4) is 0 Å². The molecule has 2 aliphatic rings. The topological polar surface area (TPSA) is 81.7 Å². The molecule has 0 saturated heterocycles. The molecule has 1 heterocycles. The van der Waals surface area contributed by atoms with Crippen LogP contribution < -0.4 is 15.5 Å². The van der Waals surface area contributed by atoms with Gasteiger partial charge in [-0.3, -0.25) is 9.69 Å². The number of hydrogen-bond acceptors (Lipinski definition) is 3. The number of carbonyl (C=O) groups excluding carboxylic acids is 1. The smallest absolute Gasteiger partial charge is 0.324 e. The fourth-order valence-electron chi connectivity index (χ4n) is 4.00. The molecule has 1 aliphatic heterocycles. The molecule has 6 nitrogen and oxygen atoms in total. The van der Waals surface area contributed by atoms with E-state index in [2.05, 4.69) is 24.5 Å². The molecular formula is C22H28ClN3O3. The molecule has 7 heteroatoms. The summed E-state index contributed by atoms with van der Waals surface area (Å²) in [6.07, 6.45) is 7.32. The van der Waals surface area contributed by atoms with E-state index in [-0.39, 0.29) is 30.1 Å². The predicted molar refractivity (Wildman–Crippen MR) is 115 cm³/mol. The Balaban J connectivity index is 1.85. The van der Waals surface area contributed by atoms with Crippen LogP contribution in [0.25, 0.3) is 0 Å². The molecule has 3 N–H and O–H groups in total. The molecule has 0 radical (unpaired) electrons. The third-order valence-corrected chi connectivity index (χ3v) is 5.81. The second kappa shape index (κ2) is 9.35. The second-order valence-corrected chi connectivity index (χ2v) is 8.35. The van der Waals surface area contributed by atoms with Crippen molar-refractivity contribution in [2.24, 2.45) is 5.92 Å². The van der Waals surface area contributed by atoms with Gasteiger partial charge in [0.05, 0.1) is 11.0 Å². The number of carboxylic acids is 1. The quantitative estimate of drug-likeness (QED) is 0.657. The summed E-state index contributed by atoms with van der Waals surface area (Å²) in [6.45, 7) is 4.21. The van der Waals surface area contributed by atoms with E-state index in [0.717, 1.165) is 11.3 Å². The van der Waals surface area contributed by atoms with E-state index in [0.29, 0.717) is 30.7 Å². The summed E-state index contributed by atoms with van der Waals surface area (Å²) in [7, 11) is 0. The first-order valence-electron chi connectivity index (χ1n) is 10.1. The first kappa shape index (κ1) is 21.2. The third-order valence-electron chi connectivity index (χ3n) is 5.58. The molecule has 1 fully saturated rings. The maximum atomic E-state index is 13.4. The number of para-hydroxylation sites is 1. The molecule has 0 bridgehead atoms. The first-order chi connectivity index (χ1) is 13.9. The van der Waals surface area contributed by atoms with Crippen LogP contribution in [0.3, 0.4) is 0 Å². The molecule has 1 unspecified atom stereocenters. The number of hydrogen-bond donors (Lipinski definition) is 3. The van der Waals surface area contributed by atoms with Crippen molar-refractivity contribution in [3.05, 3.63) is 53.2 Å². The molecule has 1 saturated carbocycles.